The predicted octanol–water partition coefficient (Wildman–Crippen LogP) is 5.08. The molecule has 5 rings (SSSR count). The maximum Gasteiger partial charge on any atom is 0.325 e. The second kappa shape index (κ2) is 11.0. The number of benzene rings is 2. The molecule has 0 unspecified atom stereocenters. The Morgan fingerprint density at radius 1 is 1.14 bits per heavy atom. The van der Waals surface area contributed by atoms with Gasteiger partial charge in [0.05, 0.1) is 13.7 Å². The number of halogens is 1. The van der Waals surface area contributed by atoms with Gasteiger partial charge in [0.25, 0.3) is 0 Å². The summed E-state index contributed by atoms with van der Waals surface area (Å²) >= 11 is 0. The molecule has 0 bridgehead atoms. The van der Waals surface area contributed by atoms with E-state index in [0.29, 0.717) is 31.8 Å². The van der Waals surface area contributed by atoms with Gasteiger partial charge in [-0.25, -0.2) is 4.39 Å². The number of carbonyl (C=O) groups excluding carboxylic acids is 2. The Hall–Kier alpha value is -3.35. The summed E-state index contributed by atoms with van der Waals surface area (Å²) in [7, 11) is 1.65. The summed E-state index contributed by atoms with van der Waals surface area (Å²) in [6, 6.07) is 12.6. The van der Waals surface area contributed by atoms with Gasteiger partial charge in [-0.15, -0.1) is 0 Å². The maximum absolute atomic E-state index is 14.3. The first kappa shape index (κ1) is 25.3. The maximum atomic E-state index is 14.3. The molecule has 0 spiro atoms. The van der Waals surface area contributed by atoms with E-state index in [-0.39, 0.29) is 30.3 Å². The molecular formula is C30H35FN2O4. The molecule has 0 saturated heterocycles. The first-order chi connectivity index (χ1) is 18.0. The van der Waals surface area contributed by atoms with Crippen LogP contribution in [-0.4, -0.2) is 47.6 Å². The first-order valence-corrected chi connectivity index (χ1v) is 13.3. The molecule has 196 valence electrons. The van der Waals surface area contributed by atoms with Gasteiger partial charge in [0, 0.05) is 35.6 Å². The molecule has 2 aromatic carbocycles. The highest BCUT2D eigenvalue weighted by atomic mass is 19.1. The van der Waals surface area contributed by atoms with Crippen LogP contribution in [0.5, 0.6) is 5.75 Å². The molecule has 1 heterocycles. The van der Waals surface area contributed by atoms with E-state index in [0.717, 1.165) is 65.7 Å². The Kier molecular flexibility index (Phi) is 7.49. The highest BCUT2D eigenvalue weighted by Gasteiger charge is 2.35. The third kappa shape index (κ3) is 5.50. The number of hydrogen-bond donors (Lipinski definition) is 0. The van der Waals surface area contributed by atoms with Crippen LogP contribution in [0.4, 0.5) is 4.39 Å². The van der Waals surface area contributed by atoms with Crippen molar-refractivity contribution in [1.29, 1.82) is 0 Å². The van der Waals surface area contributed by atoms with Gasteiger partial charge in [0.2, 0.25) is 5.91 Å². The van der Waals surface area contributed by atoms with Crippen LogP contribution in [0.2, 0.25) is 0 Å². The standard InChI is InChI=1S/C30H35FN2O4/c1-3-37-30(35)19-33-26-13-11-22(31)16-24(26)25-17-23(12-14-27(25)33)32(18-20-8-9-20)29(34)15-10-21-6-4-5-7-28(21)36-2/h4-7,11,13,16,20,23H,3,8-10,12,14-15,17-19H2,1-2H3/t23-/m0/s1. The molecule has 0 radical (unpaired) electrons. The van der Waals surface area contributed by atoms with Gasteiger partial charge in [0.15, 0.2) is 0 Å². The number of aromatic nitrogens is 1. The quantitative estimate of drug-likeness (QED) is 0.360. The molecule has 1 saturated carbocycles. The molecule has 7 heteroatoms. The number of esters is 1. The minimum Gasteiger partial charge on any atom is -0.496 e. The molecule has 3 aromatic rings. The topological polar surface area (TPSA) is 60.8 Å². The van der Waals surface area contributed by atoms with Crippen molar-refractivity contribution < 1.29 is 23.5 Å². The highest BCUT2D eigenvalue weighted by Crippen LogP contribution is 2.37. The van der Waals surface area contributed by atoms with Gasteiger partial charge in [-0.3, -0.25) is 9.59 Å². The molecule has 2 aliphatic carbocycles. The van der Waals surface area contributed by atoms with Gasteiger partial charge in [0.1, 0.15) is 18.1 Å². The number of amides is 1. The number of nitrogens with zero attached hydrogens (tertiary/aromatic N) is 2. The Morgan fingerprint density at radius 2 is 1.95 bits per heavy atom. The Morgan fingerprint density at radius 3 is 2.70 bits per heavy atom. The molecule has 1 atom stereocenters. The molecule has 1 aromatic heterocycles. The van der Waals surface area contributed by atoms with Crippen LogP contribution >= 0.6 is 0 Å². The number of para-hydroxylation sites is 1. The Labute approximate surface area is 217 Å². The van der Waals surface area contributed by atoms with Crippen LogP contribution < -0.4 is 4.74 Å². The van der Waals surface area contributed by atoms with Crippen LogP contribution in [0.3, 0.4) is 0 Å². The van der Waals surface area contributed by atoms with E-state index in [1.54, 1.807) is 26.2 Å². The number of methoxy groups -OCH3 is 1. The number of carbonyl (C=O) groups is 2. The molecule has 0 N–H and O–H groups in total. The average Bonchev–Trinajstić information content (AvgIpc) is 3.69. The zero-order valence-corrected chi connectivity index (χ0v) is 21.7. The number of hydrogen-bond acceptors (Lipinski definition) is 4. The SMILES string of the molecule is CCOC(=O)Cn1c2c(c3cc(F)ccc31)C[C@@H](N(CC1CC1)C(=O)CCc1ccccc1OC)CC2. The van der Waals surface area contributed by atoms with E-state index < -0.39 is 0 Å². The van der Waals surface area contributed by atoms with Crippen molar-refractivity contribution >= 4 is 22.8 Å². The largest absolute Gasteiger partial charge is 0.496 e. The smallest absolute Gasteiger partial charge is 0.325 e. The van der Waals surface area contributed by atoms with Crippen molar-refractivity contribution in [2.24, 2.45) is 5.92 Å². The van der Waals surface area contributed by atoms with Gasteiger partial charge in [-0.2, -0.15) is 0 Å². The zero-order valence-electron chi connectivity index (χ0n) is 21.7. The third-order valence-corrected chi connectivity index (χ3v) is 7.71. The van der Waals surface area contributed by atoms with Crippen molar-refractivity contribution in [1.82, 2.24) is 9.47 Å². The Balaban J connectivity index is 1.40. The van der Waals surface area contributed by atoms with Gasteiger partial charge < -0.3 is 18.9 Å². The van der Waals surface area contributed by atoms with Crippen molar-refractivity contribution in [3.8, 4) is 5.75 Å². The Bertz CT molecular complexity index is 1300. The fourth-order valence-electron chi connectivity index (χ4n) is 5.71. The second-order valence-electron chi connectivity index (χ2n) is 10.2. The summed E-state index contributed by atoms with van der Waals surface area (Å²) in [6.45, 7) is 3.00. The number of rotatable bonds is 10. The van der Waals surface area contributed by atoms with Crippen LogP contribution in [-0.2, 0) is 40.1 Å². The van der Waals surface area contributed by atoms with E-state index in [9.17, 15) is 14.0 Å². The van der Waals surface area contributed by atoms with E-state index in [4.69, 9.17) is 9.47 Å². The number of ether oxygens (including phenoxy) is 2. The van der Waals surface area contributed by atoms with Crippen LogP contribution in [0.25, 0.3) is 10.9 Å². The molecular weight excluding hydrogens is 471 g/mol. The predicted molar refractivity (Wildman–Crippen MR) is 140 cm³/mol. The van der Waals surface area contributed by atoms with Gasteiger partial charge in [-0.05, 0) is 86.8 Å². The minimum absolute atomic E-state index is 0.0585. The second-order valence-corrected chi connectivity index (χ2v) is 10.2. The summed E-state index contributed by atoms with van der Waals surface area (Å²) in [5.41, 5.74) is 3.98. The summed E-state index contributed by atoms with van der Waals surface area (Å²) in [5.74, 6) is 0.943. The van der Waals surface area contributed by atoms with E-state index in [1.165, 1.54) is 6.07 Å². The molecule has 2 aliphatic rings. The lowest BCUT2D eigenvalue weighted by Crippen LogP contribution is -2.44. The van der Waals surface area contributed by atoms with Crippen molar-refractivity contribution in [2.45, 2.75) is 64.5 Å². The fourth-order valence-corrected chi connectivity index (χ4v) is 5.71. The molecule has 6 nitrogen and oxygen atoms in total. The van der Waals surface area contributed by atoms with E-state index in [1.807, 2.05) is 28.8 Å². The van der Waals surface area contributed by atoms with Crippen molar-refractivity contribution in [3.63, 3.8) is 0 Å². The van der Waals surface area contributed by atoms with Gasteiger partial charge in [-0.1, -0.05) is 18.2 Å². The molecule has 1 fully saturated rings. The van der Waals surface area contributed by atoms with E-state index >= 15 is 0 Å². The lowest BCUT2D eigenvalue weighted by Gasteiger charge is -2.35. The molecule has 37 heavy (non-hydrogen) atoms. The van der Waals surface area contributed by atoms with Gasteiger partial charge >= 0.3 is 5.97 Å². The first-order valence-electron chi connectivity index (χ1n) is 13.3. The normalized spacial score (nSPS) is 16.9. The average molecular weight is 507 g/mol. The zero-order chi connectivity index (χ0) is 25.9. The summed E-state index contributed by atoms with van der Waals surface area (Å²) < 4.78 is 27.0. The summed E-state index contributed by atoms with van der Waals surface area (Å²) in [4.78, 5) is 28.0. The van der Waals surface area contributed by atoms with Crippen molar-refractivity contribution in [3.05, 3.63) is 65.1 Å². The fraction of sp³-hybridized carbons (Fsp3) is 0.467. The third-order valence-electron chi connectivity index (χ3n) is 7.71. The van der Waals surface area contributed by atoms with Crippen molar-refractivity contribution in [2.75, 3.05) is 20.3 Å². The van der Waals surface area contributed by atoms with Crippen LogP contribution in [0.15, 0.2) is 42.5 Å². The number of aryl methyl sites for hydroxylation is 1. The lowest BCUT2D eigenvalue weighted by molar-refractivity contribution is -0.143. The van der Waals surface area contributed by atoms with E-state index in [2.05, 4.69) is 4.90 Å². The monoisotopic (exact) mass is 506 g/mol. The summed E-state index contributed by atoms with van der Waals surface area (Å²) in [5, 5.41) is 0.830. The highest BCUT2D eigenvalue weighted by molar-refractivity contribution is 5.87. The lowest BCUT2D eigenvalue weighted by atomic mass is 9.89. The molecule has 0 aliphatic heterocycles. The number of fused-ring (bicyclic) bond motifs is 3. The molecule has 1 amide bonds. The minimum atomic E-state index is -0.298. The van der Waals surface area contributed by atoms with Crippen LogP contribution in [0.1, 0.15) is 49.4 Å². The summed E-state index contributed by atoms with van der Waals surface area (Å²) in [6.07, 6.45) is 5.61. The van der Waals surface area contributed by atoms with Crippen LogP contribution in [0, 0.1) is 11.7 Å².